The molecule has 0 aliphatic rings. The summed E-state index contributed by atoms with van der Waals surface area (Å²) in [4.78, 5) is 1.96. The number of nitrogens with zero attached hydrogens (tertiary/aromatic N) is 1. The summed E-state index contributed by atoms with van der Waals surface area (Å²) < 4.78 is 18.4. The van der Waals surface area contributed by atoms with Crippen molar-refractivity contribution in [3.8, 4) is 5.75 Å². The molecule has 2 rings (SSSR count). The first kappa shape index (κ1) is 13.2. The normalized spacial score (nSPS) is 10.3. The van der Waals surface area contributed by atoms with Gasteiger partial charge in [0.1, 0.15) is 11.6 Å². The minimum absolute atomic E-state index is 0.327. The summed E-state index contributed by atoms with van der Waals surface area (Å²) in [6.07, 6.45) is 0. The van der Waals surface area contributed by atoms with Crippen LogP contribution in [0.1, 0.15) is 5.56 Å². The summed E-state index contributed by atoms with van der Waals surface area (Å²) in [6, 6.07) is 12.2. The summed E-state index contributed by atoms with van der Waals surface area (Å²) in [5, 5.41) is 0. The lowest BCUT2D eigenvalue weighted by atomic mass is 10.1. The average Bonchev–Trinajstić information content (AvgIpc) is 2.39. The Bertz CT molecular complexity index is 572. The molecule has 2 aromatic carbocycles. The fourth-order valence-electron chi connectivity index (χ4n) is 2.05. The molecule has 100 valence electrons. The van der Waals surface area contributed by atoms with Gasteiger partial charge >= 0.3 is 0 Å². The number of methoxy groups -OCH3 is 1. The second-order valence-corrected chi connectivity index (χ2v) is 4.37. The standard InChI is InChI=1S/C15H17FN2O/c1-18(14-8-7-12(16)9-13(14)17)10-11-5-3-4-6-15(11)19-2/h3-9H,10,17H2,1-2H3. The van der Waals surface area contributed by atoms with E-state index in [4.69, 9.17) is 10.5 Å². The summed E-state index contributed by atoms with van der Waals surface area (Å²) in [7, 11) is 3.56. The van der Waals surface area contributed by atoms with Crippen molar-refractivity contribution in [3.05, 3.63) is 53.8 Å². The molecule has 0 spiro atoms. The van der Waals surface area contributed by atoms with Crippen LogP contribution in [0.4, 0.5) is 15.8 Å². The first-order valence-electron chi connectivity index (χ1n) is 6.00. The van der Waals surface area contributed by atoms with Gasteiger partial charge in [-0.05, 0) is 24.3 Å². The van der Waals surface area contributed by atoms with Gasteiger partial charge in [0.15, 0.2) is 0 Å². The quantitative estimate of drug-likeness (QED) is 0.859. The lowest BCUT2D eigenvalue weighted by Gasteiger charge is -2.22. The SMILES string of the molecule is COc1ccccc1CN(C)c1ccc(F)cc1N. The number of ether oxygens (including phenoxy) is 1. The van der Waals surface area contributed by atoms with E-state index in [-0.39, 0.29) is 5.82 Å². The van der Waals surface area contributed by atoms with E-state index in [1.807, 2.05) is 36.2 Å². The first-order valence-corrected chi connectivity index (χ1v) is 6.00. The Morgan fingerprint density at radius 2 is 1.95 bits per heavy atom. The maximum atomic E-state index is 13.0. The van der Waals surface area contributed by atoms with E-state index in [1.54, 1.807) is 13.2 Å². The Morgan fingerprint density at radius 1 is 1.21 bits per heavy atom. The Labute approximate surface area is 112 Å². The highest BCUT2D eigenvalue weighted by Crippen LogP contribution is 2.26. The predicted octanol–water partition coefficient (Wildman–Crippen LogP) is 3.05. The average molecular weight is 260 g/mol. The van der Waals surface area contributed by atoms with E-state index in [1.165, 1.54) is 12.1 Å². The van der Waals surface area contributed by atoms with Crippen molar-refractivity contribution in [2.24, 2.45) is 0 Å². The zero-order valence-corrected chi connectivity index (χ0v) is 11.1. The molecular weight excluding hydrogens is 243 g/mol. The highest BCUT2D eigenvalue weighted by atomic mass is 19.1. The number of anilines is 2. The largest absolute Gasteiger partial charge is 0.496 e. The molecule has 0 unspecified atom stereocenters. The number of nitrogen functional groups attached to an aromatic ring is 1. The van der Waals surface area contributed by atoms with Crippen molar-refractivity contribution in [2.45, 2.75) is 6.54 Å². The first-order chi connectivity index (χ1) is 9.11. The zero-order valence-electron chi connectivity index (χ0n) is 11.1. The van der Waals surface area contributed by atoms with Gasteiger partial charge in [0, 0.05) is 19.2 Å². The van der Waals surface area contributed by atoms with E-state index in [9.17, 15) is 4.39 Å². The van der Waals surface area contributed by atoms with Crippen LogP contribution in [0.2, 0.25) is 0 Å². The summed E-state index contributed by atoms with van der Waals surface area (Å²) in [6.45, 7) is 0.639. The Balaban J connectivity index is 2.23. The Hall–Kier alpha value is -2.23. The molecular formula is C15H17FN2O. The minimum Gasteiger partial charge on any atom is -0.496 e. The molecule has 2 aromatic rings. The highest BCUT2D eigenvalue weighted by molar-refractivity contribution is 5.67. The van der Waals surface area contributed by atoms with Gasteiger partial charge in [-0.3, -0.25) is 0 Å². The highest BCUT2D eigenvalue weighted by Gasteiger charge is 2.09. The third-order valence-corrected chi connectivity index (χ3v) is 3.00. The number of rotatable bonds is 4. The summed E-state index contributed by atoms with van der Waals surface area (Å²) in [5.74, 6) is 0.502. The summed E-state index contributed by atoms with van der Waals surface area (Å²) >= 11 is 0. The molecule has 0 heterocycles. The van der Waals surface area contributed by atoms with Crippen molar-refractivity contribution < 1.29 is 9.13 Å². The molecule has 0 atom stereocenters. The van der Waals surface area contributed by atoms with Crippen molar-refractivity contribution in [1.82, 2.24) is 0 Å². The number of hydrogen-bond acceptors (Lipinski definition) is 3. The molecule has 0 aromatic heterocycles. The predicted molar refractivity (Wildman–Crippen MR) is 75.9 cm³/mol. The lowest BCUT2D eigenvalue weighted by Crippen LogP contribution is -2.18. The second kappa shape index (κ2) is 5.61. The van der Waals surface area contributed by atoms with Crippen LogP contribution in [0, 0.1) is 5.82 Å². The van der Waals surface area contributed by atoms with Gasteiger partial charge in [-0.15, -0.1) is 0 Å². The molecule has 0 amide bonds. The van der Waals surface area contributed by atoms with Gasteiger partial charge in [-0.2, -0.15) is 0 Å². The Kier molecular flexibility index (Phi) is 3.90. The van der Waals surface area contributed by atoms with Crippen LogP contribution in [-0.2, 0) is 6.54 Å². The number of hydrogen-bond donors (Lipinski definition) is 1. The van der Waals surface area contributed by atoms with Crippen LogP contribution in [0.3, 0.4) is 0 Å². The molecule has 0 radical (unpaired) electrons. The van der Waals surface area contributed by atoms with Gasteiger partial charge in [0.2, 0.25) is 0 Å². The van der Waals surface area contributed by atoms with E-state index in [2.05, 4.69) is 0 Å². The molecule has 0 bridgehead atoms. The number of nitrogens with two attached hydrogens (primary N) is 1. The van der Waals surface area contributed by atoms with Crippen molar-refractivity contribution in [3.63, 3.8) is 0 Å². The van der Waals surface area contributed by atoms with Crippen molar-refractivity contribution in [1.29, 1.82) is 0 Å². The van der Waals surface area contributed by atoms with Crippen LogP contribution in [0.15, 0.2) is 42.5 Å². The molecule has 3 nitrogen and oxygen atoms in total. The van der Waals surface area contributed by atoms with Crippen LogP contribution in [0.25, 0.3) is 0 Å². The van der Waals surface area contributed by atoms with Crippen LogP contribution >= 0.6 is 0 Å². The molecule has 2 N–H and O–H groups in total. The lowest BCUT2D eigenvalue weighted by molar-refractivity contribution is 0.409. The number of benzene rings is 2. The Morgan fingerprint density at radius 3 is 2.63 bits per heavy atom. The van der Waals surface area contributed by atoms with Gasteiger partial charge in [-0.1, -0.05) is 18.2 Å². The number of para-hydroxylation sites is 1. The van der Waals surface area contributed by atoms with Crippen molar-refractivity contribution in [2.75, 3.05) is 24.8 Å². The van der Waals surface area contributed by atoms with Gasteiger partial charge in [0.05, 0.1) is 18.5 Å². The fourth-order valence-corrected chi connectivity index (χ4v) is 2.05. The van der Waals surface area contributed by atoms with E-state index in [0.717, 1.165) is 17.0 Å². The molecule has 0 fully saturated rings. The molecule has 4 heteroatoms. The van der Waals surface area contributed by atoms with Gasteiger partial charge in [-0.25, -0.2) is 4.39 Å². The molecule has 0 saturated heterocycles. The third kappa shape index (κ3) is 2.96. The molecule has 0 saturated carbocycles. The van der Waals surface area contributed by atoms with Crippen molar-refractivity contribution >= 4 is 11.4 Å². The third-order valence-electron chi connectivity index (χ3n) is 3.00. The minimum atomic E-state index is -0.327. The van der Waals surface area contributed by atoms with Crippen LogP contribution < -0.4 is 15.4 Å². The topological polar surface area (TPSA) is 38.5 Å². The van der Waals surface area contributed by atoms with Crippen LogP contribution in [-0.4, -0.2) is 14.2 Å². The fraction of sp³-hybridized carbons (Fsp3) is 0.200. The maximum Gasteiger partial charge on any atom is 0.125 e. The van der Waals surface area contributed by atoms with E-state index >= 15 is 0 Å². The second-order valence-electron chi connectivity index (χ2n) is 4.37. The van der Waals surface area contributed by atoms with E-state index in [0.29, 0.717) is 12.2 Å². The zero-order chi connectivity index (χ0) is 13.8. The molecule has 19 heavy (non-hydrogen) atoms. The maximum absolute atomic E-state index is 13.0. The van der Waals surface area contributed by atoms with E-state index < -0.39 is 0 Å². The van der Waals surface area contributed by atoms with Gasteiger partial charge < -0.3 is 15.4 Å². The molecule has 0 aliphatic heterocycles. The van der Waals surface area contributed by atoms with Crippen LogP contribution in [0.5, 0.6) is 5.75 Å². The summed E-state index contributed by atoms with van der Waals surface area (Å²) in [5.41, 5.74) is 8.11. The van der Waals surface area contributed by atoms with Gasteiger partial charge in [0.25, 0.3) is 0 Å². The number of halogens is 1. The smallest absolute Gasteiger partial charge is 0.125 e. The monoisotopic (exact) mass is 260 g/mol. The molecule has 0 aliphatic carbocycles.